The van der Waals surface area contributed by atoms with E-state index in [9.17, 15) is 14.7 Å². The summed E-state index contributed by atoms with van der Waals surface area (Å²) in [6.07, 6.45) is 1.14. The van der Waals surface area contributed by atoms with E-state index in [0.717, 1.165) is 9.25 Å². The Hall–Kier alpha value is -1.63. The zero-order valence-electron chi connectivity index (χ0n) is 11.2. The van der Waals surface area contributed by atoms with Gasteiger partial charge in [0.25, 0.3) is 5.56 Å². The average molecular weight is 256 g/mol. The van der Waals surface area contributed by atoms with Crippen LogP contribution in [0.1, 0.15) is 26.7 Å². The van der Waals surface area contributed by atoms with E-state index in [1.807, 2.05) is 13.8 Å². The second kappa shape index (κ2) is 5.34. The summed E-state index contributed by atoms with van der Waals surface area (Å²) in [5, 5.41) is 16.8. The maximum Gasteiger partial charge on any atom is 0.346 e. The van der Waals surface area contributed by atoms with E-state index in [-0.39, 0.29) is 12.4 Å². The van der Waals surface area contributed by atoms with Crippen molar-refractivity contribution >= 4 is 5.82 Å². The highest BCUT2D eigenvalue weighted by molar-refractivity contribution is 5.30. The van der Waals surface area contributed by atoms with Gasteiger partial charge in [0.05, 0.1) is 5.60 Å². The molecular formula is C11H20N4O3. The first-order valence-electron chi connectivity index (χ1n) is 5.95. The van der Waals surface area contributed by atoms with Crippen LogP contribution >= 0.6 is 0 Å². The third-order valence-corrected chi connectivity index (χ3v) is 3.22. The highest BCUT2D eigenvalue weighted by Crippen LogP contribution is 2.14. The SMILES string of the molecule is CCC(O)(CC)CNc1nn(C)c(=O)n(C)c1=O. The Morgan fingerprint density at radius 2 is 1.83 bits per heavy atom. The van der Waals surface area contributed by atoms with Crippen molar-refractivity contribution in [3.63, 3.8) is 0 Å². The summed E-state index contributed by atoms with van der Waals surface area (Å²) in [5.74, 6) is 0.0694. The number of nitrogens with zero attached hydrogens (tertiary/aromatic N) is 3. The van der Waals surface area contributed by atoms with Crippen LogP contribution < -0.4 is 16.6 Å². The minimum absolute atomic E-state index is 0.0694. The molecule has 1 heterocycles. The van der Waals surface area contributed by atoms with Gasteiger partial charge in [-0.3, -0.25) is 9.36 Å². The number of anilines is 1. The molecule has 0 spiro atoms. The fourth-order valence-electron chi connectivity index (χ4n) is 1.56. The number of nitrogens with one attached hydrogen (secondary N) is 1. The summed E-state index contributed by atoms with van der Waals surface area (Å²) in [4.78, 5) is 23.2. The van der Waals surface area contributed by atoms with Crippen molar-refractivity contribution in [3.05, 3.63) is 20.8 Å². The summed E-state index contributed by atoms with van der Waals surface area (Å²) >= 11 is 0. The quantitative estimate of drug-likeness (QED) is 0.737. The zero-order chi connectivity index (χ0) is 13.9. The van der Waals surface area contributed by atoms with Crippen LogP contribution in [0, 0.1) is 0 Å². The predicted molar refractivity (Wildman–Crippen MR) is 68.7 cm³/mol. The van der Waals surface area contributed by atoms with E-state index in [1.165, 1.54) is 14.1 Å². The first-order chi connectivity index (χ1) is 8.34. The molecule has 0 amide bonds. The lowest BCUT2D eigenvalue weighted by Gasteiger charge is -2.25. The van der Waals surface area contributed by atoms with E-state index < -0.39 is 16.9 Å². The molecule has 0 unspecified atom stereocenters. The Labute approximate surface area is 105 Å². The first kappa shape index (κ1) is 14.4. The van der Waals surface area contributed by atoms with Gasteiger partial charge in [-0.25, -0.2) is 9.48 Å². The monoisotopic (exact) mass is 256 g/mol. The summed E-state index contributed by atoms with van der Waals surface area (Å²) in [7, 11) is 2.86. The number of aromatic nitrogens is 3. The van der Waals surface area contributed by atoms with E-state index in [2.05, 4.69) is 10.4 Å². The Balaban J connectivity index is 3.00. The van der Waals surface area contributed by atoms with Crippen molar-refractivity contribution in [1.29, 1.82) is 0 Å². The van der Waals surface area contributed by atoms with Gasteiger partial charge in [-0.05, 0) is 12.8 Å². The van der Waals surface area contributed by atoms with E-state index >= 15 is 0 Å². The van der Waals surface area contributed by atoms with Gasteiger partial charge in [-0.1, -0.05) is 13.8 Å². The van der Waals surface area contributed by atoms with Crippen LogP contribution in [0.15, 0.2) is 9.59 Å². The normalized spacial score (nSPS) is 11.6. The molecule has 0 radical (unpaired) electrons. The van der Waals surface area contributed by atoms with Crippen molar-refractivity contribution in [1.82, 2.24) is 14.3 Å². The summed E-state index contributed by atoms with van der Waals surface area (Å²) in [6.45, 7) is 3.97. The van der Waals surface area contributed by atoms with Crippen LogP contribution in [-0.2, 0) is 14.1 Å². The molecule has 0 saturated carbocycles. The van der Waals surface area contributed by atoms with Crippen LogP contribution in [0.5, 0.6) is 0 Å². The van der Waals surface area contributed by atoms with Gasteiger partial charge in [0, 0.05) is 20.6 Å². The van der Waals surface area contributed by atoms with Crippen molar-refractivity contribution < 1.29 is 5.11 Å². The highest BCUT2D eigenvalue weighted by Gasteiger charge is 2.22. The largest absolute Gasteiger partial charge is 0.388 e. The lowest BCUT2D eigenvalue weighted by atomic mass is 9.98. The molecule has 1 aromatic heterocycles. The molecule has 0 saturated heterocycles. The highest BCUT2D eigenvalue weighted by atomic mass is 16.3. The van der Waals surface area contributed by atoms with Crippen LogP contribution in [0.2, 0.25) is 0 Å². The van der Waals surface area contributed by atoms with Gasteiger partial charge < -0.3 is 10.4 Å². The second-order valence-electron chi connectivity index (χ2n) is 4.40. The molecule has 7 nitrogen and oxygen atoms in total. The smallest absolute Gasteiger partial charge is 0.346 e. The predicted octanol–water partition coefficient (Wildman–Crippen LogP) is -0.558. The van der Waals surface area contributed by atoms with Gasteiger partial charge in [-0.2, -0.15) is 0 Å². The van der Waals surface area contributed by atoms with Crippen LogP contribution in [0.4, 0.5) is 5.82 Å². The van der Waals surface area contributed by atoms with E-state index in [0.29, 0.717) is 12.8 Å². The maximum absolute atomic E-state index is 11.8. The van der Waals surface area contributed by atoms with Crippen LogP contribution in [0.25, 0.3) is 0 Å². The summed E-state index contributed by atoms with van der Waals surface area (Å²) in [6, 6.07) is 0. The van der Waals surface area contributed by atoms with Gasteiger partial charge in [0.1, 0.15) is 0 Å². The minimum atomic E-state index is -0.874. The number of rotatable bonds is 5. The molecule has 1 aromatic rings. The Kier molecular flexibility index (Phi) is 4.28. The zero-order valence-corrected chi connectivity index (χ0v) is 11.2. The van der Waals surface area contributed by atoms with Gasteiger partial charge >= 0.3 is 5.69 Å². The lowest BCUT2D eigenvalue weighted by molar-refractivity contribution is 0.0455. The fourth-order valence-corrected chi connectivity index (χ4v) is 1.56. The van der Waals surface area contributed by atoms with Crippen molar-refractivity contribution in [2.24, 2.45) is 14.1 Å². The number of hydrogen-bond donors (Lipinski definition) is 2. The third-order valence-electron chi connectivity index (χ3n) is 3.22. The van der Waals surface area contributed by atoms with Crippen molar-refractivity contribution in [2.45, 2.75) is 32.3 Å². The second-order valence-corrected chi connectivity index (χ2v) is 4.40. The van der Waals surface area contributed by atoms with E-state index in [1.54, 1.807) is 0 Å². The molecule has 0 aromatic carbocycles. The number of aryl methyl sites for hydroxylation is 1. The lowest BCUT2D eigenvalue weighted by Crippen LogP contribution is -2.42. The van der Waals surface area contributed by atoms with Crippen LogP contribution in [-0.4, -0.2) is 31.6 Å². The average Bonchev–Trinajstić information content (AvgIpc) is 2.38. The molecule has 0 aliphatic rings. The summed E-state index contributed by atoms with van der Waals surface area (Å²) in [5.41, 5.74) is -1.85. The third kappa shape index (κ3) is 2.79. The number of aliphatic hydroxyl groups is 1. The van der Waals surface area contributed by atoms with E-state index in [4.69, 9.17) is 0 Å². The molecule has 0 fully saturated rings. The minimum Gasteiger partial charge on any atom is -0.388 e. The fraction of sp³-hybridized carbons (Fsp3) is 0.727. The standard InChI is InChI=1S/C11H20N4O3/c1-5-11(18,6-2)7-12-8-9(16)14(3)10(17)15(4)13-8/h18H,5-7H2,1-4H3,(H,12,13). The van der Waals surface area contributed by atoms with Gasteiger partial charge in [0.2, 0.25) is 5.82 Å². The molecule has 7 heteroatoms. The summed E-state index contributed by atoms with van der Waals surface area (Å²) < 4.78 is 2.06. The molecule has 102 valence electrons. The molecule has 0 aliphatic carbocycles. The molecule has 2 N–H and O–H groups in total. The molecule has 0 bridgehead atoms. The Morgan fingerprint density at radius 1 is 1.28 bits per heavy atom. The molecule has 1 rings (SSSR count). The van der Waals surface area contributed by atoms with Crippen molar-refractivity contribution in [3.8, 4) is 0 Å². The first-order valence-corrected chi connectivity index (χ1v) is 5.95. The topological polar surface area (TPSA) is 89.2 Å². The molecule has 18 heavy (non-hydrogen) atoms. The van der Waals surface area contributed by atoms with Gasteiger partial charge in [-0.15, -0.1) is 5.10 Å². The molecular weight excluding hydrogens is 236 g/mol. The van der Waals surface area contributed by atoms with Crippen molar-refractivity contribution in [2.75, 3.05) is 11.9 Å². The molecule has 0 atom stereocenters. The van der Waals surface area contributed by atoms with Crippen LogP contribution in [0.3, 0.4) is 0 Å². The molecule has 0 aliphatic heterocycles. The Morgan fingerprint density at radius 3 is 2.33 bits per heavy atom. The number of hydrogen-bond acceptors (Lipinski definition) is 5. The maximum atomic E-state index is 11.8. The van der Waals surface area contributed by atoms with Gasteiger partial charge in [0.15, 0.2) is 0 Å². The Bertz CT molecular complexity index is 528.